The molecule has 1 aromatic rings. The van der Waals surface area contributed by atoms with Crippen molar-refractivity contribution in [3.8, 4) is 0 Å². The minimum atomic E-state index is 0.440. The van der Waals surface area contributed by atoms with E-state index in [2.05, 4.69) is 37.7 Å². The summed E-state index contributed by atoms with van der Waals surface area (Å²) in [5, 5.41) is 0. The highest BCUT2D eigenvalue weighted by Crippen LogP contribution is 2.42. The molecule has 1 aliphatic rings. The molecule has 1 heterocycles. The zero-order chi connectivity index (χ0) is 14.8. The van der Waals surface area contributed by atoms with Gasteiger partial charge in [-0.3, -0.25) is 0 Å². The van der Waals surface area contributed by atoms with Crippen molar-refractivity contribution < 1.29 is 0 Å². The number of aromatic nitrogens is 2. The van der Waals surface area contributed by atoms with Gasteiger partial charge in [-0.25, -0.2) is 4.98 Å². The fraction of sp³-hybridized carbons (Fsp3) is 0.765. The Morgan fingerprint density at radius 3 is 2.45 bits per heavy atom. The van der Waals surface area contributed by atoms with Crippen LogP contribution in [0.2, 0.25) is 0 Å². The average molecular weight is 292 g/mol. The molecule has 0 aliphatic heterocycles. The van der Waals surface area contributed by atoms with Crippen LogP contribution in [0.4, 0.5) is 0 Å². The van der Waals surface area contributed by atoms with Crippen molar-refractivity contribution in [1.82, 2.24) is 9.97 Å². The molecule has 2 nitrogen and oxygen atoms in total. The van der Waals surface area contributed by atoms with Gasteiger partial charge < -0.3 is 4.98 Å². The first-order valence-corrected chi connectivity index (χ1v) is 8.41. The van der Waals surface area contributed by atoms with Gasteiger partial charge in [-0.15, -0.1) is 0 Å². The fourth-order valence-electron chi connectivity index (χ4n) is 3.36. The van der Waals surface area contributed by atoms with E-state index < -0.39 is 0 Å². The first-order valence-electron chi connectivity index (χ1n) is 8.00. The van der Waals surface area contributed by atoms with E-state index in [9.17, 15) is 0 Å². The number of nitrogens with one attached hydrogen (secondary N) is 1. The zero-order valence-corrected chi connectivity index (χ0v) is 14.1. The lowest BCUT2D eigenvalue weighted by molar-refractivity contribution is 0.167. The molecule has 1 N–H and O–H groups in total. The lowest BCUT2D eigenvalue weighted by Crippen LogP contribution is -2.26. The number of hydrogen-bond acceptors (Lipinski definition) is 2. The number of hydrogen-bond donors (Lipinski definition) is 1. The molecule has 1 fully saturated rings. The topological polar surface area (TPSA) is 28.7 Å². The predicted octanol–water partition coefficient (Wildman–Crippen LogP) is 5.41. The second-order valence-electron chi connectivity index (χ2n) is 7.29. The molecule has 1 aromatic heterocycles. The van der Waals surface area contributed by atoms with Crippen molar-refractivity contribution in [2.75, 3.05) is 0 Å². The fourth-order valence-corrected chi connectivity index (χ4v) is 3.60. The van der Waals surface area contributed by atoms with Crippen LogP contribution in [0.1, 0.15) is 77.2 Å². The summed E-state index contributed by atoms with van der Waals surface area (Å²) in [5.74, 6) is 2.56. The van der Waals surface area contributed by atoms with Gasteiger partial charge in [0.05, 0.1) is 0 Å². The zero-order valence-electron chi connectivity index (χ0n) is 13.3. The second-order valence-corrected chi connectivity index (χ2v) is 7.71. The van der Waals surface area contributed by atoms with E-state index in [1.807, 2.05) is 6.07 Å². The van der Waals surface area contributed by atoms with E-state index in [0.29, 0.717) is 11.3 Å². The summed E-state index contributed by atoms with van der Waals surface area (Å²) in [6.07, 6.45) is 7.33. The number of aromatic amines is 1. The largest absolute Gasteiger partial charge is 0.347 e. The van der Waals surface area contributed by atoms with Gasteiger partial charge in [0.2, 0.25) is 0 Å². The van der Waals surface area contributed by atoms with Crippen LogP contribution in [0.5, 0.6) is 0 Å². The van der Waals surface area contributed by atoms with Crippen LogP contribution in [-0.4, -0.2) is 9.97 Å². The van der Waals surface area contributed by atoms with Crippen molar-refractivity contribution in [3.63, 3.8) is 0 Å². The van der Waals surface area contributed by atoms with E-state index in [0.717, 1.165) is 29.2 Å². The summed E-state index contributed by atoms with van der Waals surface area (Å²) in [5.41, 5.74) is 1.69. The quantitative estimate of drug-likeness (QED) is 0.754. The van der Waals surface area contributed by atoms with Gasteiger partial charge in [0.15, 0.2) is 0 Å². The van der Waals surface area contributed by atoms with Crippen molar-refractivity contribution in [1.29, 1.82) is 0 Å². The molecule has 0 saturated heterocycles. The third-order valence-corrected chi connectivity index (χ3v) is 4.88. The normalized spacial score (nSPS) is 23.8. The first-order chi connectivity index (χ1) is 9.40. The molecule has 0 aromatic carbocycles. The summed E-state index contributed by atoms with van der Waals surface area (Å²) in [6.45, 7) is 9.30. The molecular weight excluding hydrogens is 264 g/mol. The number of aryl methyl sites for hydroxylation is 1. The Balaban J connectivity index is 2.09. The average Bonchev–Trinajstić information content (AvgIpc) is 2.37. The highest BCUT2D eigenvalue weighted by atomic mass is 32.1. The molecular formula is C17H28N2S. The molecule has 1 aliphatic carbocycles. The summed E-state index contributed by atoms with van der Waals surface area (Å²) < 4.78 is 0.750. The lowest BCUT2D eigenvalue weighted by Gasteiger charge is -2.36. The van der Waals surface area contributed by atoms with Crippen molar-refractivity contribution in [2.45, 2.75) is 72.1 Å². The molecule has 0 bridgehead atoms. The molecule has 3 heteroatoms. The Bertz CT molecular complexity index is 490. The van der Waals surface area contributed by atoms with Crippen molar-refractivity contribution >= 4 is 12.2 Å². The van der Waals surface area contributed by atoms with Crippen LogP contribution >= 0.6 is 12.2 Å². The van der Waals surface area contributed by atoms with Crippen LogP contribution in [0.3, 0.4) is 0 Å². The van der Waals surface area contributed by atoms with Crippen LogP contribution in [0.25, 0.3) is 0 Å². The maximum atomic E-state index is 5.32. The van der Waals surface area contributed by atoms with E-state index in [1.165, 1.54) is 31.4 Å². The minimum Gasteiger partial charge on any atom is -0.347 e. The van der Waals surface area contributed by atoms with Crippen LogP contribution in [0.15, 0.2) is 6.07 Å². The van der Waals surface area contributed by atoms with E-state index in [4.69, 9.17) is 12.2 Å². The number of nitrogens with zero attached hydrogens (tertiary/aromatic N) is 1. The molecule has 112 valence electrons. The van der Waals surface area contributed by atoms with Gasteiger partial charge in [0.25, 0.3) is 0 Å². The van der Waals surface area contributed by atoms with E-state index >= 15 is 0 Å². The van der Waals surface area contributed by atoms with Crippen LogP contribution < -0.4 is 0 Å². The van der Waals surface area contributed by atoms with E-state index in [-0.39, 0.29) is 0 Å². The molecule has 0 radical (unpaired) electrons. The summed E-state index contributed by atoms with van der Waals surface area (Å²) >= 11 is 5.32. The Morgan fingerprint density at radius 2 is 1.90 bits per heavy atom. The van der Waals surface area contributed by atoms with Crippen LogP contribution in [0, 0.1) is 16.0 Å². The molecule has 0 atom stereocenters. The van der Waals surface area contributed by atoms with Crippen LogP contribution in [-0.2, 0) is 6.42 Å². The summed E-state index contributed by atoms with van der Waals surface area (Å²) in [4.78, 5) is 8.12. The van der Waals surface area contributed by atoms with Gasteiger partial charge in [-0.1, -0.05) is 46.3 Å². The molecule has 2 rings (SSSR count). The Morgan fingerprint density at radius 1 is 1.25 bits per heavy atom. The van der Waals surface area contributed by atoms with Crippen molar-refractivity contribution in [3.05, 3.63) is 22.2 Å². The molecule has 0 unspecified atom stereocenters. The van der Waals surface area contributed by atoms with Gasteiger partial charge in [0.1, 0.15) is 10.5 Å². The van der Waals surface area contributed by atoms with Gasteiger partial charge in [-0.05, 0) is 49.5 Å². The monoisotopic (exact) mass is 292 g/mol. The van der Waals surface area contributed by atoms with Gasteiger partial charge in [0, 0.05) is 11.6 Å². The maximum Gasteiger partial charge on any atom is 0.129 e. The Kier molecular flexibility index (Phi) is 5.00. The SMILES string of the molecule is CCCc1cc(=S)nc(C2CCC(C(C)(C)C)CC2)[nH]1. The predicted molar refractivity (Wildman–Crippen MR) is 87.6 cm³/mol. The third kappa shape index (κ3) is 3.91. The third-order valence-electron chi connectivity index (χ3n) is 4.67. The smallest absolute Gasteiger partial charge is 0.129 e. The van der Waals surface area contributed by atoms with Gasteiger partial charge >= 0.3 is 0 Å². The molecule has 20 heavy (non-hydrogen) atoms. The standard InChI is InChI=1S/C17H28N2S/c1-5-6-14-11-15(20)19-16(18-14)12-7-9-13(10-8-12)17(2,3)4/h11-13H,5-10H2,1-4H3,(H,18,19,20). The number of rotatable bonds is 3. The highest BCUT2D eigenvalue weighted by molar-refractivity contribution is 7.71. The minimum absolute atomic E-state index is 0.440. The Hall–Kier alpha value is -0.700. The van der Waals surface area contributed by atoms with Crippen molar-refractivity contribution in [2.24, 2.45) is 11.3 Å². The maximum absolute atomic E-state index is 5.32. The molecule has 0 amide bonds. The Labute approximate surface area is 128 Å². The molecule has 1 saturated carbocycles. The second kappa shape index (κ2) is 6.38. The molecule has 0 spiro atoms. The first kappa shape index (κ1) is 15.7. The lowest BCUT2D eigenvalue weighted by atomic mass is 9.69. The highest BCUT2D eigenvalue weighted by Gasteiger charge is 2.30. The summed E-state index contributed by atoms with van der Waals surface area (Å²) in [6, 6.07) is 2.02. The number of H-pyrrole nitrogens is 1. The van der Waals surface area contributed by atoms with E-state index in [1.54, 1.807) is 0 Å². The summed E-state index contributed by atoms with van der Waals surface area (Å²) in [7, 11) is 0. The van der Waals surface area contributed by atoms with Gasteiger partial charge in [-0.2, -0.15) is 0 Å².